The summed E-state index contributed by atoms with van der Waals surface area (Å²) in [5.41, 5.74) is 2.67. The molecular formula is C16H21NO2. The van der Waals surface area contributed by atoms with Crippen molar-refractivity contribution in [2.24, 2.45) is 5.92 Å². The number of fused-ring (bicyclic) bond motifs is 2. The van der Waals surface area contributed by atoms with Crippen LogP contribution in [0.15, 0.2) is 18.2 Å². The molecule has 19 heavy (non-hydrogen) atoms. The summed E-state index contributed by atoms with van der Waals surface area (Å²) < 4.78 is 5.46. The van der Waals surface area contributed by atoms with Gasteiger partial charge in [0.25, 0.3) is 0 Å². The molecule has 1 fully saturated rings. The molecule has 1 heterocycles. The molecule has 0 bridgehead atoms. The molecule has 1 aromatic carbocycles. The Morgan fingerprint density at radius 1 is 1.32 bits per heavy atom. The van der Waals surface area contributed by atoms with Gasteiger partial charge in [-0.3, -0.25) is 4.79 Å². The van der Waals surface area contributed by atoms with Gasteiger partial charge in [-0.15, -0.1) is 0 Å². The molecule has 1 aromatic rings. The summed E-state index contributed by atoms with van der Waals surface area (Å²) in [6.07, 6.45) is 3.72. The smallest absolute Gasteiger partial charge is 0.223 e. The molecule has 3 nitrogen and oxygen atoms in total. The zero-order chi connectivity index (χ0) is 13.4. The van der Waals surface area contributed by atoms with Crippen LogP contribution in [0.3, 0.4) is 0 Å². The average Bonchev–Trinajstić information content (AvgIpc) is 2.72. The largest absolute Gasteiger partial charge is 0.496 e. The minimum Gasteiger partial charge on any atom is -0.496 e. The molecule has 1 saturated heterocycles. The minimum absolute atomic E-state index is 0.337. The molecule has 102 valence electrons. The van der Waals surface area contributed by atoms with Gasteiger partial charge in [-0.1, -0.05) is 19.1 Å². The van der Waals surface area contributed by atoms with Gasteiger partial charge in [0, 0.05) is 19.0 Å². The second-order valence-corrected chi connectivity index (χ2v) is 5.62. The Kier molecular flexibility index (Phi) is 3.21. The lowest BCUT2D eigenvalue weighted by molar-refractivity contribution is -0.128. The average molecular weight is 259 g/mol. The molecule has 0 N–H and O–H groups in total. The first kappa shape index (κ1) is 12.5. The van der Waals surface area contributed by atoms with Crippen LogP contribution in [-0.2, 0) is 17.6 Å². The summed E-state index contributed by atoms with van der Waals surface area (Å²) in [5, 5.41) is 0. The van der Waals surface area contributed by atoms with Crippen molar-refractivity contribution in [3.05, 3.63) is 29.3 Å². The lowest BCUT2D eigenvalue weighted by atomic mass is 9.80. The molecule has 3 rings (SSSR count). The summed E-state index contributed by atoms with van der Waals surface area (Å²) in [4.78, 5) is 14.2. The number of hydrogen-bond acceptors (Lipinski definition) is 2. The summed E-state index contributed by atoms with van der Waals surface area (Å²) in [6, 6.07) is 6.67. The Morgan fingerprint density at radius 3 is 2.89 bits per heavy atom. The third-order valence-corrected chi connectivity index (χ3v) is 4.51. The summed E-state index contributed by atoms with van der Waals surface area (Å²) in [7, 11) is 1.73. The van der Waals surface area contributed by atoms with Crippen molar-refractivity contribution < 1.29 is 9.53 Å². The Balaban J connectivity index is 1.91. The maximum absolute atomic E-state index is 12.1. The molecule has 2 atom stereocenters. The second-order valence-electron chi connectivity index (χ2n) is 5.62. The Morgan fingerprint density at radius 2 is 2.16 bits per heavy atom. The fourth-order valence-corrected chi connectivity index (χ4v) is 3.65. The van der Waals surface area contributed by atoms with E-state index in [-0.39, 0.29) is 0 Å². The van der Waals surface area contributed by atoms with E-state index in [2.05, 4.69) is 24.0 Å². The van der Waals surface area contributed by atoms with Crippen molar-refractivity contribution in [1.29, 1.82) is 0 Å². The van der Waals surface area contributed by atoms with Gasteiger partial charge in [0.05, 0.1) is 7.11 Å². The monoisotopic (exact) mass is 259 g/mol. The van der Waals surface area contributed by atoms with Crippen LogP contribution in [0.2, 0.25) is 0 Å². The number of benzene rings is 1. The van der Waals surface area contributed by atoms with Gasteiger partial charge >= 0.3 is 0 Å². The van der Waals surface area contributed by atoms with E-state index in [1.54, 1.807) is 7.11 Å². The van der Waals surface area contributed by atoms with Crippen molar-refractivity contribution >= 4 is 5.91 Å². The van der Waals surface area contributed by atoms with Crippen LogP contribution < -0.4 is 4.74 Å². The predicted octanol–water partition coefficient (Wildman–Crippen LogP) is 2.42. The van der Waals surface area contributed by atoms with Crippen LogP contribution >= 0.6 is 0 Å². The molecule has 0 radical (unpaired) electrons. The molecule has 0 unspecified atom stereocenters. The molecule has 3 heteroatoms. The zero-order valence-corrected chi connectivity index (χ0v) is 11.7. The first-order chi connectivity index (χ1) is 9.24. The molecule has 0 saturated carbocycles. The van der Waals surface area contributed by atoms with Gasteiger partial charge in [-0.25, -0.2) is 0 Å². The van der Waals surface area contributed by atoms with E-state index in [4.69, 9.17) is 4.74 Å². The highest BCUT2D eigenvalue weighted by atomic mass is 16.5. The molecule has 0 aromatic heterocycles. The normalized spacial score (nSPS) is 25.2. The van der Waals surface area contributed by atoms with Gasteiger partial charge in [0.1, 0.15) is 5.75 Å². The van der Waals surface area contributed by atoms with Gasteiger partial charge in [0.15, 0.2) is 0 Å². The Labute approximate surface area is 114 Å². The molecule has 1 aliphatic carbocycles. The Bertz CT molecular complexity index is 498. The molecule has 2 aliphatic rings. The number of carbonyl (C=O) groups is 1. The maximum Gasteiger partial charge on any atom is 0.223 e. The Hall–Kier alpha value is -1.51. The standard InChI is InChI=1S/C16H21NO2/c1-3-7-17-14-9-11-5-4-6-15(19-2)13(11)8-12(14)10-16(17)18/h4-6,12,14H,3,7-10H2,1-2H3/t12-,14-/m1/s1. The molecular weight excluding hydrogens is 238 g/mol. The highest BCUT2D eigenvalue weighted by molar-refractivity contribution is 5.79. The topological polar surface area (TPSA) is 29.5 Å². The van der Waals surface area contributed by atoms with Crippen LogP contribution in [0, 0.1) is 5.92 Å². The summed E-state index contributed by atoms with van der Waals surface area (Å²) >= 11 is 0. The first-order valence-electron chi connectivity index (χ1n) is 7.18. The van der Waals surface area contributed by atoms with Crippen molar-refractivity contribution in [3.63, 3.8) is 0 Å². The lowest BCUT2D eigenvalue weighted by Gasteiger charge is -2.33. The van der Waals surface area contributed by atoms with Gasteiger partial charge < -0.3 is 9.64 Å². The number of amides is 1. The lowest BCUT2D eigenvalue weighted by Crippen LogP contribution is -2.40. The maximum atomic E-state index is 12.1. The van der Waals surface area contributed by atoms with E-state index < -0.39 is 0 Å². The van der Waals surface area contributed by atoms with Crippen molar-refractivity contribution in [3.8, 4) is 5.75 Å². The number of methoxy groups -OCH3 is 1. The van der Waals surface area contributed by atoms with Crippen LogP contribution in [0.5, 0.6) is 5.75 Å². The van der Waals surface area contributed by atoms with Crippen LogP contribution in [0.1, 0.15) is 30.9 Å². The fourth-order valence-electron chi connectivity index (χ4n) is 3.65. The van der Waals surface area contributed by atoms with E-state index in [1.165, 1.54) is 11.1 Å². The number of rotatable bonds is 3. The molecule has 1 aliphatic heterocycles. The van der Waals surface area contributed by atoms with Crippen molar-refractivity contribution in [1.82, 2.24) is 4.90 Å². The minimum atomic E-state index is 0.337. The van der Waals surface area contributed by atoms with E-state index in [0.29, 0.717) is 24.3 Å². The van der Waals surface area contributed by atoms with Crippen molar-refractivity contribution in [2.45, 2.75) is 38.6 Å². The number of ether oxygens (including phenoxy) is 1. The van der Waals surface area contributed by atoms with Gasteiger partial charge in [0.2, 0.25) is 5.91 Å². The van der Waals surface area contributed by atoms with Crippen LogP contribution in [-0.4, -0.2) is 30.5 Å². The SMILES string of the molecule is CCCN1C(=O)C[C@H]2Cc3c(cccc3OC)C[C@H]21. The van der Waals surface area contributed by atoms with Gasteiger partial charge in [-0.05, 0) is 42.4 Å². The predicted molar refractivity (Wildman–Crippen MR) is 74.3 cm³/mol. The van der Waals surface area contributed by atoms with E-state index in [1.807, 2.05) is 6.07 Å². The zero-order valence-electron chi connectivity index (χ0n) is 11.7. The van der Waals surface area contributed by atoms with E-state index in [0.717, 1.165) is 31.6 Å². The highest BCUT2D eigenvalue weighted by Gasteiger charge is 2.42. The van der Waals surface area contributed by atoms with E-state index >= 15 is 0 Å². The number of likely N-dealkylation sites (tertiary alicyclic amines) is 1. The van der Waals surface area contributed by atoms with Crippen molar-refractivity contribution in [2.75, 3.05) is 13.7 Å². The quantitative estimate of drug-likeness (QED) is 0.834. The summed E-state index contributed by atoms with van der Waals surface area (Å²) in [6.45, 7) is 3.04. The van der Waals surface area contributed by atoms with Gasteiger partial charge in [-0.2, -0.15) is 0 Å². The van der Waals surface area contributed by atoms with Crippen LogP contribution in [0.4, 0.5) is 0 Å². The highest BCUT2D eigenvalue weighted by Crippen LogP contribution is 2.39. The summed E-state index contributed by atoms with van der Waals surface area (Å²) in [5.74, 6) is 1.80. The van der Waals surface area contributed by atoms with E-state index in [9.17, 15) is 4.79 Å². The fraction of sp³-hybridized carbons (Fsp3) is 0.562. The first-order valence-corrected chi connectivity index (χ1v) is 7.18. The third-order valence-electron chi connectivity index (χ3n) is 4.51. The van der Waals surface area contributed by atoms with Crippen LogP contribution in [0.25, 0.3) is 0 Å². The second kappa shape index (κ2) is 4.87. The number of hydrogen-bond donors (Lipinski definition) is 0. The molecule has 1 amide bonds. The number of nitrogens with zero attached hydrogens (tertiary/aromatic N) is 1. The third kappa shape index (κ3) is 2.01. The molecule has 0 spiro atoms. The number of carbonyl (C=O) groups excluding carboxylic acids is 1.